The van der Waals surface area contributed by atoms with E-state index in [1.54, 1.807) is 6.08 Å². The molecular formula is C13H16O2. The molecule has 0 N–H and O–H groups in total. The van der Waals surface area contributed by atoms with Crippen molar-refractivity contribution in [2.24, 2.45) is 5.92 Å². The Balaban J connectivity index is 2.89. The third-order valence-corrected chi connectivity index (χ3v) is 2.55. The maximum Gasteiger partial charge on any atom is 0.309 e. The smallest absolute Gasteiger partial charge is 0.309 e. The molecule has 0 fully saturated rings. The third kappa shape index (κ3) is 2.69. The van der Waals surface area contributed by atoms with Gasteiger partial charge in [0.05, 0.1) is 13.0 Å². The van der Waals surface area contributed by atoms with Crippen LogP contribution >= 0.6 is 0 Å². The average Bonchev–Trinajstić information content (AvgIpc) is 2.30. The van der Waals surface area contributed by atoms with Crippen molar-refractivity contribution >= 4 is 5.97 Å². The van der Waals surface area contributed by atoms with Gasteiger partial charge < -0.3 is 4.74 Å². The predicted molar refractivity (Wildman–Crippen MR) is 60.6 cm³/mol. The summed E-state index contributed by atoms with van der Waals surface area (Å²) in [6, 6.07) is 9.84. The second-order valence-corrected chi connectivity index (χ2v) is 3.48. The Bertz CT molecular complexity index is 330. The van der Waals surface area contributed by atoms with Crippen LogP contribution in [0, 0.1) is 5.92 Å². The maximum absolute atomic E-state index is 11.4. The number of benzene rings is 1. The van der Waals surface area contributed by atoms with Crippen molar-refractivity contribution in [3.8, 4) is 0 Å². The van der Waals surface area contributed by atoms with E-state index in [1.807, 2.05) is 37.3 Å². The zero-order valence-corrected chi connectivity index (χ0v) is 9.14. The van der Waals surface area contributed by atoms with Crippen molar-refractivity contribution in [3.05, 3.63) is 48.6 Å². The molecule has 0 heterocycles. The molecule has 0 radical (unpaired) electrons. The van der Waals surface area contributed by atoms with E-state index in [0.717, 1.165) is 5.56 Å². The van der Waals surface area contributed by atoms with Crippen molar-refractivity contribution in [2.75, 3.05) is 7.11 Å². The normalized spacial score (nSPS) is 14.0. The summed E-state index contributed by atoms with van der Waals surface area (Å²) in [6.45, 7) is 5.62. The van der Waals surface area contributed by atoms with E-state index in [0.29, 0.717) is 0 Å². The molecule has 1 aromatic carbocycles. The fraction of sp³-hybridized carbons (Fsp3) is 0.308. The number of carbonyl (C=O) groups is 1. The topological polar surface area (TPSA) is 26.3 Å². The summed E-state index contributed by atoms with van der Waals surface area (Å²) < 4.78 is 4.73. The van der Waals surface area contributed by atoms with Gasteiger partial charge in [0.25, 0.3) is 0 Å². The molecule has 2 nitrogen and oxygen atoms in total. The lowest BCUT2D eigenvalue weighted by Crippen LogP contribution is -2.19. The molecular weight excluding hydrogens is 188 g/mol. The number of hydrogen-bond donors (Lipinski definition) is 0. The van der Waals surface area contributed by atoms with E-state index >= 15 is 0 Å². The van der Waals surface area contributed by atoms with Crippen LogP contribution in [0.3, 0.4) is 0 Å². The molecule has 0 bridgehead atoms. The van der Waals surface area contributed by atoms with Gasteiger partial charge in [0.15, 0.2) is 0 Å². The van der Waals surface area contributed by atoms with Crippen LogP contribution in [0.15, 0.2) is 43.0 Å². The molecule has 0 aromatic heterocycles. The molecule has 0 unspecified atom stereocenters. The minimum atomic E-state index is -0.205. The van der Waals surface area contributed by atoms with Crippen LogP contribution in [0.1, 0.15) is 18.4 Å². The maximum atomic E-state index is 11.4. The SMILES string of the molecule is C=C[C@H](c1ccccc1)[C@@H](C)C(=O)OC. The molecule has 0 spiro atoms. The average molecular weight is 204 g/mol. The highest BCUT2D eigenvalue weighted by molar-refractivity contribution is 5.73. The Morgan fingerprint density at radius 2 is 2.00 bits per heavy atom. The van der Waals surface area contributed by atoms with Gasteiger partial charge in [-0.2, -0.15) is 0 Å². The van der Waals surface area contributed by atoms with Crippen LogP contribution in [0.5, 0.6) is 0 Å². The molecule has 0 aliphatic carbocycles. The number of allylic oxidation sites excluding steroid dienone is 1. The first kappa shape index (κ1) is 11.5. The Morgan fingerprint density at radius 1 is 1.40 bits per heavy atom. The minimum absolute atomic E-state index is 0.0126. The van der Waals surface area contributed by atoms with E-state index in [4.69, 9.17) is 4.74 Å². The van der Waals surface area contributed by atoms with Gasteiger partial charge in [-0.15, -0.1) is 6.58 Å². The van der Waals surface area contributed by atoms with E-state index in [1.165, 1.54) is 7.11 Å². The van der Waals surface area contributed by atoms with Gasteiger partial charge >= 0.3 is 5.97 Å². The molecule has 1 aromatic rings. The summed E-state index contributed by atoms with van der Waals surface area (Å²) in [5.74, 6) is -0.391. The summed E-state index contributed by atoms with van der Waals surface area (Å²) in [4.78, 5) is 11.4. The molecule has 0 amide bonds. The lowest BCUT2D eigenvalue weighted by Gasteiger charge is -2.18. The first-order valence-corrected chi connectivity index (χ1v) is 4.96. The van der Waals surface area contributed by atoms with Gasteiger partial charge in [0.2, 0.25) is 0 Å². The summed E-state index contributed by atoms with van der Waals surface area (Å²) in [6.07, 6.45) is 1.79. The summed E-state index contributed by atoms with van der Waals surface area (Å²) in [7, 11) is 1.41. The van der Waals surface area contributed by atoms with Gasteiger partial charge in [0, 0.05) is 5.92 Å². The Hall–Kier alpha value is -1.57. The Morgan fingerprint density at radius 3 is 2.47 bits per heavy atom. The number of ether oxygens (including phenoxy) is 1. The van der Waals surface area contributed by atoms with Crippen LogP contribution in [0.4, 0.5) is 0 Å². The zero-order valence-electron chi connectivity index (χ0n) is 9.14. The highest BCUT2D eigenvalue weighted by atomic mass is 16.5. The standard InChI is InChI=1S/C13H16O2/c1-4-12(10(2)13(14)15-3)11-8-6-5-7-9-11/h4-10,12H,1H2,2-3H3/t10-,12+/m1/s1. The fourth-order valence-corrected chi connectivity index (χ4v) is 1.64. The largest absolute Gasteiger partial charge is 0.469 e. The third-order valence-electron chi connectivity index (χ3n) is 2.55. The first-order chi connectivity index (χ1) is 7.20. The van der Waals surface area contributed by atoms with Crippen molar-refractivity contribution < 1.29 is 9.53 Å². The monoisotopic (exact) mass is 204 g/mol. The summed E-state index contributed by atoms with van der Waals surface area (Å²) in [5.41, 5.74) is 1.09. The van der Waals surface area contributed by atoms with E-state index in [-0.39, 0.29) is 17.8 Å². The molecule has 0 aliphatic heterocycles. The Labute approximate surface area is 90.6 Å². The molecule has 0 saturated heterocycles. The van der Waals surface area contributed by atoms with Gasteiger partial charge in [-0.25, -0.2) is 0 Å². The number of methoxy groups -OCH3 is 1. The number of rotatable bonds is 4. The summed E-state index contributed by atoms with van der Waals surface area (Å²) in [5, 5.41) is 0. The van der Waals surface area contributed by atoms with Gasteiger partial charge in [0.1, 0.15) is 0 Å². The second kappa shape index (κ2) is 5.35. The van der Waals surface area contributed by atoms with Gasteiger partial charge in [-0.05, 0) is 5.56 Å². The van der Waals surface area contributed by atoms with Crippen molar-refractivity contribution in [1.29, 1.82) is 0 Å². The van der Waals surface area contributed by atoms with Crippen molar-refractivity contribution in [1.82, 2.24) is 0 Å². The van der Waals surface area contributed by atoms with Crippen LogP contribution in [0.2, 0.25) is 0 Å². The van der Waals surface area contributed by atoms with E-state index in [2.05, 4.69) is 6.58 Å². The molecule has 0 saturated carbocycles. The molecule has 2 atom stereocenters. The van der Waals surface area contributed by atoms with Crippen LogP contribution in [-0.2, 0) is 9.53 Å². The van der Waals surface area contributed by atoms with Crippen molar-refractivity contribution in [2.45, 2.75) is 12.8 Å². The lowest BCUT2D eigenvalue weighted by atomic mass is 9.87. The van der Waals surface area contributed by atoms with Crippen molar-refractivity contribution in [3.63, 3.8) is 0 Å². The molecule has 1 rings (SSSR count). The van der Waals surface area contributed by atoms with Crippen LogP contribution in [-0.4, -0.2) is 13.1 Å². The fourth-order valence-electron chi connectivity index (χ4n) is 1.64. The highest BCUT2D eigenvalue weighted by Crippen LogP contribution is 2.26. The first-order valence-electron chi connectivity index (χ1n) is 4.96. The molecule has 15 heavy (non-hydrogen) atoms. The molecule has 80 valence electrons. The second-order valence-electron chi connectivity index (χ2n) is 3.48. The minimum Gasteiger partial charge on any atom is -0.469 e. The van der Waals surface area contributed by atoms with Gasteiger partial charge in [-0.1, -0.05) is 43.3 Å². The Kier molecular flexibility index (Phi) is 4.10. The highest BCUT2D eigenvalue weighted by Gasteiger charge is 2.23. The number of carbonyl (C=O) groups excluding carboxylic acids is 1. The number of hydrogen-bond acceptors (Lipinski definition) is 2. The quantitative estimate of drug-likeness (QED) is 0.557. The van der Waals surface area contributed by atoms with Gasteiger partial charge in [-0.3, -0.25) is 4.79 Å². The van der Waals surface area contributed by atoms with Crippen LogP contribution < -0.4 is 0 Å². The lowest BCUT2D eigenvalue weighted by molar-refractivity contribution is -0.145. The predicted octanol–water partition coefficient (Wildman–Crippen LogP) is 2.77. The van der Waals surface area contributed by atoms with E-state index in [9.17, 15) is 4.79 Å². The molecule has 0 aliphatic rings. The number of esters is 1. The molecule has 2 heteroatoms. The van der Waals surface area contributed by atoms with Crippen LogP contribution in [0.25, 0.3) is 0 Å². The summed E-state index contributed by atoms with van der Waals surface area (Å²) >= 11 is 0. The van der Waals surface area contributed by atoms with E-state index < -0.39 is 0 Å². The zero-order chi connectivity index (χ0) is 11.3.